The van der Waals surface area contributed by atoms with Gasteiger partial charge in [0.05, 0.1) is 12.5 Å². The average molecular weight is 338 g/mol. The van der Waals surface area contributed by atoms with Gasteiger partial charge in [-0.2, -0.15) is 0 Å². The highest BCUT2D eigenvalue weighted by atomic mass is 16.5. The molecule has 1 aliphatic rings. The number of likely N-dealkylation sites (N-methyl/N-ethyl adjacent to an activating group) is 1. The summed E-state index contributed by atoms with van der Waals surface area (Å²) in [5.74, 6) is 0.258. The van der Waals surface area contributed by atoms with Crippen molar-refractivity contribution < 1.29 is 14.3 Å². The van der Waals surface area contributed by atoms with E-state index in [0.29, 0.717) is 13.0 Å². The minimum absolute atomic E-state index is 0.0232. The molecule has 0 aromatic heterocycles. The van der Waals surface area contributed by atoms with Crippen LogP contribution in [0.2, 0.25) is 0 Å². The topological polar surface area (TPSA) is 49.9 Å². The van der Waals surface area contributed by atoms with Gasteiger partial charge in [-0.3, -0.25) is 9.59 Å². The summed E-state index contributed by atoms with van der Waals surface area (Å²) in [5.41, 5.74) is 1.61. The van der Waals surface area contributed by atoms with Gasteiger partial charge in [-0.25, -0.2) is 0 Å². The van der Waals surface area contributed by atoms with Gasteiger partial charge < -0.3 is 14.5 Å². The maximum Gasteiger partial charge on any atom is 0.242 e. The Bertz CT molecular complexity index is 759. The van der Waals surface area contributed by atoms with E-state index in [1.165, 1.54) is 4.90 Å². The minimum Gasteiger partial charge on any atom is -0.493 e. The van der Waals surface area contributed by atoms with Crippen LogP contribution in [0.1, 0.15) is 17.9 Å². The van der Waals surface area contributed by atoms with Crippen molar-refractivity contribution in [2.24, 2.45) is 0 Å². The zero-order valence-electron chi connectivity index (χ0n) is 14.5. The number of benzene rings is 2. The minimum atomic E-state index is -0.305. The number of nitrogens with zero attached hydrogens (tertiary/aromatic N) is 2. The quantitative estimate of drug-likeness (QED) is 0.861. The van der Waals surface area contributed by atoms with Gasteiger partial charge in [-0.1, -0.05) is 36.4 Å². The number of amides is 2. The van der Waals surface area contributed by atoms with Crippen molar-refractivity contribution >= 4 is 17.5 Å². The van der Waals surface area contributed by atoms with Gasteiger partial charge in [0.1, 0.15) is 12.3 Å². The molecule has 2 amide bonds. The van der Waals surface area contributed by atoms with E-state index in [1.807, 2.05) is 54.6 Å². The van der Waals surface area contributed by atoms with Crippen LogP contribution in [-0.4, -0.2) is 44.0 Å². The Kier molecular flexibility index (Phi) is 5.03. The fourth-order valence-electron chi connectivity index (χ4n) is 2.97. The van der Waals surface area contributed by atoms with Gasteiger partial charge in [-0.15, -0.1) is 0 Å². The smallest absolute Gasteiger partial charge is 0.242 e. The maximum atomic E-state index is 13.3. The second-order valence-corrected chi connectivity index (χ2v) is 6.28. The maximum absolute atomic E-state index is 13.3. The van der Waals surface area contributed by atoms with E-state index in [0.717, 1.165) is 17.0 Å². The van der Waals surface area contributed by atoms with Crippen molar-refractivity contribution in [2.75, 3.05) is 32.1 Å². The van der Waals surface area contributed by atoms with Crippen LogP contribution in [-0.2, 0) is 9.59 Å². The highest BCUT2D eigenvalue weighted by molar-refractivity contribution is 6.02. The number of carbonyl (C=O) groups is 2. The second-order valence-electron chi connectivity index (χ2n) is 6.28. The van der Waals surface area contributed by atoms with Crippen molar-refractivity contribution in [3.05, 3.63) is 60.2 Å². The molecule has 2 aromatic rings. The molecule has 0 fully saturated rings. The lowest BCUT2D eigenvalue weighted by Gasteiger charge is -2.31. The standard InChI is InChI=1S/C20H22N2O3/c1-21(2)19(23)14-22(15-8-4-3-5-9-15)20(24)17-12-13-25-18-11-7-6-10-16(17)18/h3-11,17H,12-14H2,1-2H3/t17-/m1/s1. The summed E-state index contributed by atoms with van der Waals surface area (Å²) in [6, 6.07) is 17.0. The molecule has 0 saturated heterocycles. The lowest BCUT2D eigenvalue weighted by molar-refractivity contribution is -0.129. The summed E-state index contributed by atoms with van der Waals surface area (Å²) in [5, 5.41) is 0. The summed E-state index contributed by atoms with van der Waals surface area (Å²) in [6.07, 6.45) is 0.606. The largest absolute Gasteiger partial charge is 0.493 e. The summed E-state index contributed by atoms with van der Waals surface area (Å²) in [4.78, 5) is 28.7. The van der Waals surface area contributed by atoms with Crippen molar-refractivity contribution in [3.8, 4) is 5.75 Å². The Morgan fingerprint density at radius 2 is 1.72 bits per heavy atom. The van der Waals surface area contributed by atoms with Crippen LogP contribution >= 0.6 is 0 Å². The van der Waals surface area contributed by atoms with Gasteiger partial charge in [0, 0.05) is 25.3 Å². The zero-order valence-corrected chi connectivity index (χ0v) is 14.5. The van der Waals surface area contributed by atoms with E-state index >= 15 is 0 Å². The Balaban J connectivity index is 1.94. The number of para-hydroxylation sites is 2. The summed E-state index contributed by atoms with van der Waals surface area (Å²) in [6.45, 7) is 0.521. The molecule has 5 heteroatoms. The van der Waals surface area contributed by atoms with Crippen LogP contribution in [0.4, 0.5) is 5.69 Å². The van der Waals surface area contributed by atoms with Crippen molar-refractivity contribution in [1.82, 2.24) is 4.90 Å². The molecule has 1 heterocycles. The van der Waals surface area contributed by atoms with Crippen LogP contribution in [0.5, 0.6) is 5.75 Å². The van der Waals surface area contributed by atoms with Crippen molar-refractivity contribution in [3.63, 3.8) is 0 Å². The molecular weight excluding hydrogens is 316 g/mol. The number of anilines is 1. The molecule has 5 nitrogen and oxygen atoms in total. The van der Waals surface area contributed by atoms with Crippen LogP contribution in [0.25, 0.3) is 0 Å². The molecule has 1 aliphatic heterocycles. The highest BCUT2D eigenvalue weighted by Crippen LogP contribution is 2.35. The number of ether oxygens (including phenoxy) is 1. The first-order valence-corrected chi connectivity index (χ1v) is 8.36. The Morgan fingerprint density at radius 1 is 1.04 bits per heavy atom. The van der Waals surface area contributed by atoms with Crippen LogP contribution in [0.15, 0.2) is 54.6 Å². The van der Waals surface area contributed by atoms with Gasteiger partial charge in [0.2, 0.25) is 11.8 Å². The molecular formula is C20H22N2O3. The molecule has 130 valence electrons. The molecule has 0 unspecified atom stereocenters. The third-order valence-electron chi connectivity index (χ3n) is 4.38. The summed E-state index contributed by atoms with van der Waals surface area (Å²) < 4.78 is 5.66. The van der Waals surface area contributed by atoms with Crippen molar-refractivity contribution in [2.45, 2.75) is 12.3 Å². The zero-order chi connectivity index (χ0) is 17.8. The number of rotatable bonds is 4. The molecule has 0 aliphatic carbocycles. The average Bonchev–Trinajstić information content (AvgIpc) is 2.65. The molecule has 3 rings (SSSR count). The Hall–Kier alpha value is -2.82. The van der Waals surface area contributed by atoms with Crippen molar-refractivity contribution in [1.29, 1.82) is 0 Å². The summed E-state index contributed by atoms with van der Waals surface area (Å²) in [7, 11) is 3.39. The van der Waals surface area contributed by atoms with E-state index in [4.69, 9.17) is 4.74 Å². The van der Waals surface area contributed by atoms with Gasteiger partial charge in [-0.05, 0) is 24.6 Å². The number of carbonyl (C=O) groups excluding carboxylic acids is 2. The lowest BCUT2D eigenvalue weighted by atomic mass is 9.91. The Labute approximate surface area is 147 Å². The van der Waals surface area contributed by atoms with Gasteiger partial charge in [0.15, 0.2) is 0 Å². The molecule has 2 aromatic carbocycles. The van der Waals surface area contributed by atoms with E-state index < -0.39 is 0 Å². The monoisotopic (exact) mass is 338 g/mol. The number of hydrogen-bond donors (Lipinski definition) is 0. The fourth-order valence-corrected chi connectivity index (χ4v) is 2.97. The van der Waals surface area contributed by atoms with Gasteiger partial charge >= 0.3 is 0 Å². The first-order chi connectivity index (χ1) is 12.1. The van der Waals surface area contributed by atoms with Crippen LogP contribution < -0.4 is 9.64 Å². The molecule has 0 bridgehead atoms. The molecule has 0 spiro atoms. The predicted octanol–water partition coefficient (Wildman–Crippen LogP) is 2.67. The Morgan fingerprint density at radius 3 is 2.44 bits per heavy atom. The molecule has 1 atom stereocenters. The van der Waals surface area contributed by atoms with Crippen LogP contribution in [0, 0.1) is 0 Å². The molecule has 0 radical (unpaired) electrons. The van der Waals surface area contributed by atoms with E-state index in [9.17, 15) is 9.59 Å². The number of hydrogen-bond acceptors (Lipinski definition) is 3. The third-order valence-corrected chi connectivity index (χ3v) is 4.38. The van der Waals surface area contributed by atoms with Gasteiger partial charge in [0.25, 0.3) is 0 Å². The highest BCUT2D eigenvalue weighted by Gasteiger charge is 2.32. The SMILES string of the molecule is CN(C)C(=O)CN(C(=O)[C@@H]1CCOc2ccccc21)c1ccccc1. The molecule has 0 N–H and O–H groups in total. The van der Waals surface area contributed by atoms with E-state index in [1.54, 1.807) is 19.0 Å². The van der Waals surface area contributed by atoms with E-state index in [-0.39, 0.29) is 24.3 Å². The van der Waals surface area contributed by atoms with Crippen LogP contribution in [0.3, 0.4) is 0 Å². The fraction of sp³-hybridized carbons (Fsp3) is 0.300. The van der Waals surface area contributed by atoms with E-state index in [2.05, 4.69) is 0 Å². The first-order valence-electron chi connectivity index (χ1n) is 8.36. The lowest BCUT2D eigenvalue weighted by Crippen LogP contribution is -2.43. The number of fused-ring (bicyclic) bond motifs is 1. The molecule has 25 heavy (non-hydrogen) atoms. The third kappa shape index (κ3) is 3.65. The predicted molar refractivity (Wildman–Crippen MR) is 96.8 cm³/mol. The summed E-state index contributed by atoms with van der Waals surface area (Å²) >= 11 is 0. The first kappa shape index (κ1) is 17.0. The normalized spacial score (nSPS) is 15.7. The second kappa shape index (κ2) is 7.38. The molecule has 0 saturated carbocycles.